The largest absolute Gasteiger partial charge is 0.480 e. The number of carbonyl (C=O) groups excluding carboxylic acids is 1. The molecule has 5 nitrogen and oxygen atoms in total. The summed E-state index contributed by atoms with van der Waals surface area (Å²) < 4.78 is 6.01. The molecule has 2 atom stereocenters. The number of carboxylic acid groups (broad SMARTS) is 1. The number of piperidine rings is 1. The summed E-state index contributed by atoms with van der Waals surface area (Å²) in [5.41, 5.74) is 2.76. The summed E-state index contributed by atoms with van der Waals surface area (Å²) in [7, 11) is 0. The van der Waals surface area contributed by atoms with Crippen LogP contribution in [0.1, 0.15) is 35.4 Å². The number of benzene rings is 3. The van der Waals surface area contributed by atoms with Crippen LogP contribution in [-0.4, -0.2) is 40.6 Å². The third-order valence-corrected chi connectivity index (χ3v) is 5.96. The lowest BCUT2D eigenvalue weighted by atomic mass is 9.88. The maximum absolute atomic E-state index is 13.7. The zero-order chi connectivity index (χ0) is 22.3. The Morgan fingerprint density at radius 3 is 1.94 bits per heavy atom. The van der Waals surface area contributed by atoms with Crippen molar-refractivity contribution in [2.45, 2.75) is 37.5 Å². The molecule has 0 aliphatic carbocycles. The SMILES string of the molecule is O=C(O)[C@@H]1C[C@H](OCc2ccccc2)CCN1C(=O)C(c1ccccc1)c1ccccc1. The number of carboxylic acids is 1. The van der Waals surface area contributed by atoms with Gasteiger partial charge in [-0.05, 0) is 23.1 Å². The van der Waals surface area contributed by atoms with Crippen molar-refractivity contribution in [1.29, 1.82) is 0 Å². The summed E-state index contributed by atoms with van der Waals surface area (Å²) >= 11 is 0. The molecule has 1 saturated heterocycles. The molecule has 1 fully saturated rings. The molecule has 0 bridgehead atoms. The van der Waals surface area contributed by atoms with E-state index in [1.165, 1.54) is 4.90 Å². The first-order valence-corrected chi connectivity index (χ1v) is 10.9. The van der Waals surface area contributed by atoms with Crippen LogP contribution in [0.4, 0.5) is 0 Å². The minimum Gasteiger partial charge on any atom is -0.480 e. The van der Waals surface area contributed by atoms with Crippen LogP contribution < -0.4 is 0 Å². The predicted octanol–water partition coefficient (Wildman–Crippen LogP) is 4.48. The van der Waals surface area contributed by atoms with Crippen molar-refractivity contribution in [1.82, 2.24) is 4.90 Å². The van der Waals surface area contributed by atoms with E-state index in [4.69, 9.17) is 4.74 Å². The minimum absolute atomic E-state index is 0.184. The van der Waals surface area contributed by atoms with Gasteiger partial charge in [0.1, 0.15) is 6.04 Å². The molecule has 164 valence electrons. The van der Waals surface area contributed by atoms with Crippen molar-refractivity contribution >= 4 is 11.9 Å². The molecule has 0 saturated carbocycles. The highest BCUT2D eigenvalue weighted by Crippen LogP contribution is 2.31. The van der Waals surface area contributed by atoms with Gasteiger partial charge in [-0.15, -0.1) is 0 Å². The molecule has 1 N–H and O–H groups in total. The van der Waals surface area contributed by atoms with Crippen LogP contribution in [-0.2, 0) is 20.9 Å². The van der Waals surface area contributed by atoms with Crippen LogP contribution in [0, 0.1) is 0 Å². The zero-order valence-electron chi connectivity index (χ0n) is 17.8. The topological polar surface area (TPSA) is 66.8 Å². The lowest BCUT2D eigenvalue weighted by Crippen LogP contribution is -2.53. The van der Waals surface area contributed by atoms with Crippen molar-refractivity contribution in [2.75, 3.05) is 6.54 Å². The van der Waals surface area contributed by atoms with E-state index in [1.807, 2.05) is 91.0 Å². The second-order valence-corrected chi connectivity index (χ2v) is 8.08. The molecule has 5 heteroatoms. The fourth-order valence-corrected chi connectivity index (χ4v) is 4.31. The number of nitrogens with zero attached hydrogens (tertiary/aromatic N) is 1. The molecule has 3 aromatic rings. The third kappa shape index (κ3) is 5.06. The first kappa shape index (κ1) is 21.8. The number of likely N-dealkylation sites (tertiary alicyclic amines) is 1. The molecule has 1 heterocycles. The number of carbonyl (C=O) groups is 2. The van der Waals surface area contributed by atoms with Gasteiger partial charge in [0, 0.05) is 13.0 Å². The molecule has 0 radical (unpaired) electrons. The first-order chi connectivity index (χ1) is 15.6. The average Bonchev–Trinajstić information content (AvgIpc) is 2.84. The van der Waals surface area contributed by atoms with E-state index in [1.54, 1.807) is 0 Å². The van der Waals surface area contributed by atoms with Gasteiger partial charge >= 0.3 is 5.97 Å². The Bertz CT molecular complexity index is 984. The summed E-state index contributed by atoms with van der Waals surface area (Å²) in [5.74, 6) is -1.72. The van der Waals surface area contributed by atoms with Crippen molar-refractivity contribution in [3.05, 3.63) is 108 Å². The molecular weight excluding hydrogens is 402 g/mol. The second kappa shape index (κ2) is 10.2. The zero-order valence-corrected chi connectivity index (χ0v) is 17.8. The molecule has 3 aromatic carbocycles. The van der Waals surface area contributed by atoms with Crippen LogP contribution in [0.2, 0.25) is 0 Å². The van der Waals surface area contributed by atoms with Gasteiger partial charge in [0.25, 0.3) is 0 Å². The smallest absolute Gasteiger partial charge is 0.326 e. The van der Waals surface area contributed by atoms with Crippen LogP contribution in [0.3, 0.4) is 0 Å². The summed E-state index contributed by atoms with van der Waals surface area (Å²) in [6, 6.07) is 28.0. The number of rotatable bonds is 7. The summed E-state index contributed by atoms with van der Waals surface area (Å²) in [5, 5.41) is 9.93. The highest BCUT2D eigenvalue weighted by Gasteiger charge is 2.39. The molecule has 1 amide bonds. The lowest BCUT2D eigenvalue weighted by molar-refractivity contribution is -0.156. The number of hydrogen-bond acceptors (Lipinski definition) is 3. The fourth-order valence-electron chi connectivity index (χ4n) is 4.31. The maximum Gasteiger partial charge on any atom is 0.326 e. The van der Waals surface area contributed by atoms with Crippen molar-refractivity contribution in [3.8, 4) is 0 Å². The van der Waals surface area contributed by atoms with E-state index < -0.39 is 17.9 Å². The Labute approximate surface area is 188 Å². The Hall–Kier alpha value is -3.44. The van der Waals surface area contributed by atoms with Gasteiger partial charge in [-0.1, -0.05) is 91.0 Å². The monoisotopic (exact) mass is 429 g/mol. The fraction of sp³-hybridized carbons (Fsp3) is 0.259. The average molecular weight is 430 g/mol. The molecule has 0 aromatic heterocycles. The number of amides is 1. The molecule has 4 rings (SSSR count). The van der Waals surface area contributed by atoms with Gasteiger partial charge in [0.2, 0.25) is 5.91 Å². The van der Waals surface area contributed by atoms with Gasteiger partial charge in [-0.3, -0.25) is 4.79 Å². The quantitative estimate of drug-likeness (QED) is 0.601. The van der Waals surface area contributed by atoms with E-state index in [0.717, 1.165) is 16.7 Å². The third-order valence-electron chi connectivity index (χ3n) is 5.96. The minimum atomic E-state index is -0.994. The molecular formula is C27H27NO4. The standard InChI is InChI=1S/C27H27NO4/c29-26(25(21-12-6-2-7-13-21)22-14-8-3-9-15-22)28-17-16-23(18-24(28)27(30)31)32-19-20-10-4-1-5-11-20/h1-15,23-25H,16-19H2,(H,30,31)/t23-,24+/m1/s1. The Balaban J connectivity index is 1.53. The summed E-state index contributed by atoms with van der Waals surface area (Å²) in [6.07, 6.45) is 0.690. The summed E-state index contributed by atoms with van der Waals surface area (Å²) in [6.45, 7) is 0.786. The second-order valence-electron chi connectivity index (χ2n) is 8.08. The van der Waals surface area contributed by atoms with E-state index in [9.17, 15) is 14.7 Å². The van der Waals surface area contributed by atoms with Crippen molar-refractivity contribution in [2.24, 2.45) is 0 Å². The molecule has 32 heavy (non-hydrogen) atoms. The number of hydrogen-bond donors (Lipinski definition) is 1. The Morgan fingerprint density at radius 1 is 0.875 bits per heavy atom. The van der Waals surface area contributed by atoms with Gasteiger partial charge < -0.3 is 14.7 Å². The molecule has 0 unspecified atom stereocenters. The normalized spacial score (nSPS) is 18.5. The van der Waals surface area contributed by atoms with Gasteiger partial charge in [0.05, 0.1) is 18.6 Å². The Kier molecular flexibility index (Phi) is 6.97. The van der Waals surface area contributed by atoms with Gasteiger partial charge in [0.15, 0.2) is 0 Å². The van der Waals surface area contributed by atoms with Crippen LogP contribution in [0.25, 0.3) is 0 Å². The molecule has 0 spiro atoms. The Morgan fingerprint density at radius 2 is 1.41 bits per heavy atom. The number of aliphatic carboxylic acids is 1. The molecule has 1 aliphatic heterocycles. The van der Waals surface area contributed by atoms with Crippen molar-refractivity contribution in [3.63, 3.8) is 0 Å². The summed E-state index contributed by atoms with van der Waals surface area (Å²) in [4.78, 5) is 27.4. The lowest BCUT2D eigenvalue weighted by Gasteiger charge is -2.39. The predicted molar refractivity (Wildman–Crippen MR) is 122 cm³/mol. The van der Waals surface area contributed by atoms with Crippen LogP contribution >= 0.6 is 0 Å². The van der Waals surface area contributed by atoms with Gasteiger partial charge in [-0.25, -0.2) is 4.79 Å². The van der Waals surface area contributed by atoms with Crippen LogP contribution in [0.5, 0.6) is 0 Å². The van der Waals surface area contributed by atoms with Crippen molar-refractivity contribution < 1.29 is 19.4 Å². The van der Waals surface area contributed by atoms with Crippen LogP contribution in [0.15, 0.2) is 91.0 Å². The number of ether oxygens (including phenoxy) is 1. The first-order valence-electron chi connectivity index (χ1n) is 10.9. The van der Waals surface area contributed by atoms with E-state index in [-0.39, 0.29) is 18.4 Å². The molecule has 1 aliphatic rings. The van der Waals surface area contributed by atoms with Gasteiger partial charge in [-0.2, -0.15) is 0 Å². The van der Waals surface area contributed by atoms with E-state index >= 15 is 0 Å². The van der Waals surface area contributed by atoms with E-state index in [2.05, 4.69) is 0 Å². The maximum atomic E-state index is 13.7. The highest BCUT2D eigenvalue weighted by molar-refractivity contribution is 5.91. The van der Waals surface area contributed by atoms with E-state index in [0.29, 0.717) is 19.6 Å². The highest BCUT2D eigenvalue weighted by atomic mass is 16.5.